The minimum atomic E-state index is 0.0231. The zero-order chi connectivity index (χ0) is 8.85. The molecule has 0 aromatic heterocycles. The van der Waals surface area contributed by atoms with Gasteiger partial charge in [-0.05, 0) is 27.4 Å². The van der Waals surface area contributed by atoms with E-state index in [2.05, 4.69) is 5.32 Å². The smallest absolute Gasteiger partial charge is 0.237 e. The number of amides is 1. The summed E-state index contributed by atoms with van der Waals surface area (Å²) in [5, 5.41) is 2.80. The summed E-state index contributed by atoms with van der Waals surface area (Å²) < 4.78 is 0. The molecule has 0 bridgehead atoms. The maximum atomic E-state index is 11.3. The van der Waals surface area contributed by atoms with Crippen molar-refractivity contribution >= 4 is 5.91 Å². The van der Waals surface area contributed by atoms with Gasteiger partial charge in [0.1, 0.15) is 0 Å². The van der Waals surface area contributed by atoms with Gasteiger partial charge in [0.05, 0.1) is 6.04 Å². The van der Waals surface area contributed by atoms with Crippen molar-refractivity contribution in [3.8, 4) is 0 Å². The Morgan fingerprint density at radius 3 is 2.27 bits per heavy atom. The molecule has 0 aromatic rings. The molecule has 66 valence electrons. The van der Waals surface area contributed by atoms with Crippen LogP contribution in [0.3, 0.4) is 0 Å². The van der Waals surface area contributed by atoms with E-state index < -0.39 is 0 Å². The largest absolute Gasteiger partial charge is 0.355 e. The van der Waals surface area contributed by atoms with Crippen LogP contribution in [0.15, 0.2) is 0 Å². The fraction of sp³-hybridized carbons (Fsp3) is 0.875. The van der Waals surface area contributed by atoms with Crippen molar-refractivity contribution in [3.05, 3.63) is 0 Å². The molecule has 0 saturated heterocycles. The van der Waals surface area contributed by atoms with Crippen molar-refractivity contribution in [2.24, 2.45) is 0 Å². The number of hydrogen-bond acceptors (Lipinski definition) is 2. The first-order valence-electron chi connectivity index (χ1n) is 4.07. The minimum Gasteiger partial charge on any atom is -0.355 e. The lowest BCUT2D eigenvalue weighted by Crippen LogP contribution is -2.42. The third-order valence-corrected chi connectivity index (χ3v) is 1.66. The second kappa shape index (κ2) is 5.13. The molecule has 11 heavy (non-hydrogen) atoms. The third kappa shape index (κ3) is 3.37. The Morgan fingerprint density at radius 2 is 2.00 bits per heavy atom. The van der Waals surface area contributed by atoms with Crippen LogP contribution in [0.4, 0.5) is 0 Å². The second-order valence-corrected chi connectivity index (χ2v) is 2.78. The summed E-state index contributed by atoms with van der Waals surface area (Å²) in [6.45, 7) is 4.66. The van der Waals surface area contributed by atoms with E-state index in [9.17, 15) is 4.79 Å². The molecule has 0 aliphatic heterocycles. The molecule has 0 rings (SSSR count). The summed E-state index contributed by atoms with van der Waals surface area (Å²) in [6.07, 6.45) is 0.860. The molecule has 0 fully saturated rings. The first-order valence-corrected chi connectivity index (χ1v) is 4.07. The normalized spacial score (nSPS) is 13.2. The molecule has 0 aromatic carbocycles. The van der Waals surface area contributed by atoms with Crippen LogP contribution in [0.25, 0.3) is 0 Å². The van der Waals surface area contributed by atoms with Crippen LogP contribution in [0.5, 0.6) is 0 Å². The molecule has 0 aliphatic rings. The summed E-state index contributed by atoms with van der Waals surface area (Å²) in [5.74, 6) is 0.125. The van der Waals surface area contributed by atoms with E-state index in [0.29, 0.717) is 6.54 Å². The molecule has 1 amide bonds. The zero-order valence-electron chi connectivity index (χ0n) is 7.85. The van der Waals surface area contributed by atoms with E-state index >= 15 is 0 Å². The standard InChI is InChI=1S/C8H18N2O/c1-5-7(10(3)4)8(11)9-6-2/h7H,5-6H2,1-4H3,(H,9,11). The quantitative estimate of drug-likeness (QED) is 0.644. The minimum absolute atomic E-state index is 0.0231. The van der Waals surface area contributed by atoms with Gasteiger partial charge < -0.3 is 5.32 Å². The lowest BCUT2D eigenvalue weighted by atomic mass is 10.2. The molecule has 1 N–H and O–H groups in total. The van der Waals surface area contributed by atoms with Gasteiger partial charge in [-0.2, -0.15) is 0 Å². The first-order chi connectivity index (χ1) is 5.13. The van der Waals surface area contributed by atoms with Crippen LogP contribution in [0, 0.1) is 0 Å². The van der Waals surface area contributed by atoms with Gasteiger partial charge in [0.25, 0.3) is 0 Å². The average molecular weight is 158 g/mol. The molecular formula is C8H18N2O. The van der Waals surface area contributed by atoms with E-state index in [-0.39, 0.29) is 11.9 Å². The van der Waals surface area contributed by atoms with E-state index in [1.807, 2.05) is 32.8 Å². The fourth-order valence-corrected chi connectivity index (χ4v) is 1.08. The van der Waals surface area contributed by atoms with E-state index in [1.54, 1.807) is 0 Å². The first kappa shape index (κ1) is 10.4. The topological polar surface area (TPSA) is 32.3 Å². The molecule has 0 radical (unpaired) electrons. The molecular weight excluding hydrogens is 140 g/mol. The summed E-state index contributed by atoms with van der Waals surface area (Å²) in [4.78, 5) is 13.2. The SMILES string of the molecule is CCNC(=O)C(CC)N(C)C. The number of nitrogens with one attached hydrogen (secondary N) is 1. The summed E-state index contributed by atoms with van der Waals surface area (Å²) in [7, 11) is 3.84. The number of carbonyl (C=O) groups is 1. The van der Waals surface area contributed by atoms with Crippen LogP contribution in [0.1, 0.15) is 20.3 Å². The molecule has 1 unspecified atom stereocenters. The molecule has 0 spiro atoms. The Labute approximate surface area is 68.8 Å². The average Bonchev–Trinajstić information content (AvgIpc) is 1.88. The van der Waals surface area contributed by atoms with Crippen molar-refractivity contribution in [1.29, 1.82) is 0 Å². The molecule has 3 heteroatoms. The highest BCUT2D eigenvalue weighted by Gasteiger charge is 2.16. The van der Waals surface area contributed by atoms with E-state index in [0.717, 1.165) is 6.42 Å². The Balaban J connectivity index is 3.92. The van der Waals surface area contributed by atoms with Crippen LogP contribution < -0.4 is 5.32 Å². The van der Waals surface area contributed by atoms with Crippen molar-refractivity contribution in [1.82, 2.24) is 10.2 Å². The maximum Gasteiger partial charge on any atom is 0.237 e. The maximum absolute atomic E-state index is 11.3. The van der Waals surface area contributed by atoms with E-state index in [4.69, 9.17) is 0 Å². The van der Waals surface area contributed by atoms with Gasteiger partial charge >= 0.3 is 0 Å². The Bertz CT molecular complexity index is 123. The highest BCUT2D eigenvalue weighted by atomic mass is 16.2. The summed E-state index contributed by atoms with van der Waals surface area (Å²) in [5.41, 5.74) is 0. The predicted molar refractivity (Wildman–Crippen MR) is 46.4 cm³/mol. The molecule has 1 atom stereocenters. The van der Waals surface area contributed by atoms with Crippen LogP contribution in [-0.2, 0) is 4.79 Å². The Morgan fingerprint density at radius 1 is 1.45 bits per heavy atom. The van der Waals surface area contributed by atoms with Gasteiger partial charge in [-0.25, -0.2) is 0 Å². The zero-order valence-corrected chi connectivity index (χ0v) is 7.85. The van der Waals surface area contributed by atoms with Crippen molar-refractivity contribution in [3.63, 3.8) is 0 Å². The third-order valence-electron chi connectivity index (χ3n) is 1.66. The highest BCUT2D eigenvalue weighted by molar-refractivity contribution is 5.81. The van der Waals surface area contributed by atoms with Gasteiger partial charge in [0.2, 0.25) is 5.91 Å². The second-order valence-electron chi connectivity index (χ2n) is 2.78. The lowest BCUT2D eigenvalue weighted by Gasteiger charge is -2.21. The van der Waals surface area contributed by atoms with Crippen molar-refractivity contribution in [2.45, 2.75) is 26.3 Å². The van der Waals surface area contributed by atoms with Gasteiger partial charge in [0.15, 0.2) is 0 Å². The van der Waals surface area contributed by atoms with Crippen molar-refractivity contribution in [2.75, 3.05) is 20.6 Å². The van der Waals surface area contributed by atoms with Gasteiger partial charge in [-0.1, -0.05) is 6.92 Å². The van der Waals surface area contributed by atoms with Crippen LogP contribution >= 0.6 is 0 Å². The molecule has 3 nitrogen and oxygen atoms in total. The Kier molecular flexibility index (Phi) is 4.86. The lowest BCUT2D eigenvalue weighted by molar-refractivity contribution is -0.125. The number of hydrogen-bond donors (Lipinski definition) is 1. The van der Waals surface area contributed by atoms with Crippen LogP contribution in [0.2, 0.25) is 0 Å². The van der Waals surface area contributed by atoms with E-state index in [1.165, 1.54) is 0 Å². The number of carbonyl (C=O) groups excluding carboxylic acids is 1. The number of likely N-dealkylation sites (N-methyl/N-ethyl adjacent to an activating group) is 2. The fourth-order valence-electron chi connectivity index (χ4n) is 1.08. The monoisotopic (exact) mass is 158 g/mol. The molecule has 0 heterocycles. The summed E-state index contributed by atoms with van der Waals surface area (Å²) in [6, 6.07) is 0.0231. The molecule has 0 saturated carbocycles. The Hall–Kier alpha value is -0.570. The number of nitrogens with zero attached hydrogens (tertiary/aromatic N) is 1. The number of rotatable bonds is 4. The van der Waals surface area contributed by atoms with Gasteiger partial charge in [-0.15, -0.1) is 0 Å². The predicted octanol–water partition coefficient (Wildman–Crippen LogP) is 0.463. The molecule has 0 aliphatic carbocycles. The van der Waals surface area contributed by atoms with Crippen LogP contribution in [-0.4, -0.2) is 37.5 Å². The van der Waals surface area contributed by atoms with Gasteiger partial charge in [0, 0.05) is 6.54 Å². The van der Waals surface area contributed by atoms with Gasteiger partial charge in [-0.3, -0.25) is 9.69 Å². The summed E-state index contributed by atoms with van der Waals surface area (Å²) >= 11 is 0. The van der Waals surface area contributed by atoms with Crippen molar-refractivity contribution < 1.29 is 4.79 Å². The highest BCUT2D eigenvalue weighted by Crippen LogP contribution is 1.97.